The van der Waals surface area contributed by atoms with Crippen molar-refractivity contribution in [2.45, 2.75) is 13.1 Å². The highest BCUT2D eigenvalue weighted by Crippen LogP contribution is 2.17. The van der Waals surface area contributed by atoms with E-state index in [0.717, 1.165) is 11.6 Å². The SMILES string of the molecule is CN(Cc1ccsc1)Cc1nnc(C(=O)Nc2ccc(Cl)cc2)s1. The Morgan fingerprint density at radius 2 is 2.00 bits per heavy atom. The predicted octanol–water partition coefficient (Wildman–Crippen LogP) is 4.14. The first-order chi connectivity index (χ1) is 11.6. The number of anilines is 1. The average Bonchev–Trinajstić information content (AvgIpc) is 3.21. The number of carbonyl (C=O) groups excluding carboxylic acids is 1. The minimum absolute atomic E-state index is 0.262. The number of aromatic nitrogens is 2. The molecule has 24 heavy (non-hydrogen) atoms. The molecule has 8 heteroatoms. The molecule has 124 valence electrons. The van der Waals surface area contributed by atoms with E-state index in [2.05, 4.69) is 37.2 Å². The lowest BCUT2D eigenvalue weighted by Gasteiger charge is -2.13. The molecule has 2 aromatic heterocycles. The van der Waals surface area contributed by atoms with Crippen LogP contribution in [0.2, 0.25) is 5.02 Å². The van der Waals surface area contributed by atoms with Crippen molar-refractivity contribution in [3.05, 3.63) is 61.7 Å². The molecule has 1 amide bonds. The first-order valence-corrected chi connectivity index (χ1v) is 9.33. The van der Waals surface area contributed by atoms with Gasteiger partial charge in [-0.05, 0) is 53.7 Å². The minimum Gasteiger partial charge on any atom is -0.320 e. The van der Waals surface area contributed by atoms with Gasteiger partial charge in [0.2, 0.25) is 5.01 Å². The molecule has 1 aromatic carbocycles. The summed E-state index contributed by atoms with van der Waals surface area (Å²) in [5, 5.41) is 16.9. The Balaban J connectivity index is 1.58. The number of benzene rings is 1. The van der Waals surface area contributed by atoms with Crippen LogP contribution in [0.3, 0.4) is 0 Å². The van der Waals surface area contributed by atoms with Crippen molar-refractivity contribution in [3.63, 3.8) is 0 Å². The van der Waals surface area contributed by atoms with Crippen molar-refractivity contribution >= 4 is 45.9 Å². The molecule has 2 heterocycles. The molecule has 0 aliphatic carbocycles. The zero-order valence-electron chi connectivity index (χ0n) is 12.9. The van der Waals surface area contributed by atoms with Crippen LogP contribution < -0.4 is 5.32 Å². The standard InChI is InChI=1S/C16H15ClN4OS2/c1-21(8-11-6-7-23-10-11)9-14-19-20-16(24-14)15(22)18-13-4-2-12(17)3-5-13/h2-7,10H,8-9H2,1H3,(H,18,22). The maximum absolute atomic E-state index is 12.2. The van der Waals surface area contributed by atoms with Gasteiger partial charge in [0.25, 0.3) is 5.91 Å². The minimum atomic E-state index is -0.262. The smallest absolute Gasteiger partial charge is 0.286 e. The number of amides is 1. The Kier molecular flexibility index (Phi) is 5.57. The zero-order chi connectivity index (χ0) is 16.9. The van der Waals surface area contributed by atoms with Gasteiger partial charge in [0.1, 0.15) is 5.01 Å². The topological polar surface area (TPSA) is 58.1 Å². The summed E-state index contributed by atoms with van der Waals surface area (Å²) in [7, 11) is 2.02. The van der Waals surface area contributed by atoms with E-state index in [0.29, 0.717) is 22.3 Å². The summed E-state index contributed by atoms with van der Waals surface area (Å²) in [6, 6.07) is 9.05. The maximum atomic E-state index is 12.2. The van der Waals surface area contributed by atoms with Gasteiger partial charge in [0.15, 0.2) is 0 Å². The van der Waals surface area contributed by atoms with Gasteiger partial charge in [-0.1, -0.05) is 22.9 Å². The van der Waals surface area contributed by atoms with Crippen molar-refractivity contribution in [3.8, 4) is 0 Å². The molecule has 5 nitrogen and oxygen atoms in total. The second-order valence-corrected chi connectivity index (χ2v) is 7.54. The molecule has 0 saturated heterocycles. The molecular formula is C16H15ClN4OS2. The molecule has 0 unspecified atom stereocenters. The fourth-order valence-electron chi connectivity index (χ4n) is 2.11. The number of hydrogen-bond donors (Lipinski definition) is 1. The number of nitrogens with one attached hydrogen (secondary N) is 1. The van der Waals surface area contributed by atoms with E-state index >= 15 is 0 Å². The summed E-state index contributed by atoms with van der Waals surface area (Å²) in [6.07, 6.45) is 0. The van der Waals surface area contributed by atoms with Crippen LogP contribution >= 0.6 is 34.3 Å². The second kappa shape index (κ2) is 7.85. The summed E-state index contributed by atoms with van der Waals surface area (Å²) in [5.74, 6) is -0.262. The molecule has 0 bridgehead atoms. The van der Waals surface area contributed by atoms with Crippen molar-refractivity contribution in [1.82, 2.24) is 15.1 Å². The van der Waals surface area contributed by atoms with Gasteiger partial charge in [-0.2, -0.15) is 11.3 Å². The molecule has 0 atom stereocenters. The van der Waals surface area contributed by atoms with Crippen molar-refractivity contribution in [2.75, 3.05) is 12.4 Å². The highest BCUT2D eigenvalue weighted by atomic mass is 35.5. The van der Waals surface area contributed by atoms with Crippen LogP contribution in [0.4, 0.5) is 5.69 Å². The van der Waals surface area contributed by atoms with Crippen LogP contribution in [0.25, 0.3) is 0 Å². The lowest BCUT2D eigenvalue weighted by Crippen LogP contribution is -2.16. The fourth-order valence-corrected chi connectivity index (χ4v) is 3.71. The van der Waals surface area contributed by atoms with Gasteiger partial charge in [0.05, 0.1) is 6.54 Å². The number of hydrogen-bond acceptors (Lipinski definition) is 6. The Morgan fingerprint density at radius 3 is 2.71 bits per heavy atom. The first kappa shape index (κ1) is 17.0. The lowest BCUT2D eigenvalue weighted by atomic mass is 10.3. The van der Waals surface area contributed by atoms with Crippen LogP contribution in [0.15, 0.2) is 41.1 Å². The monoisotopic (exact) mass is 378 g/mol. The summed E-state index contributed by atoms with van der Waals surface area (Å²) in [6.45, 7) is 1.50. The van der Waals surface area contributed by atoms with Gasteiger partial charge in [-0.15, -0.1) is 10.2 Å². The van der Waals surface area contributed by atoms with Crippen LogP contribution in [0.5, 0.6) is 0 Å². The molecule has 3 rings (SSSR count). The summed E-state index contributed by atoms with van der Waals surface area (Å²) < 4.78 is 0. The number of rotatable bonds is 6. The second-order valence-electron chi connectivity index (χ2n) is 5.27. The van der Waals surface area contributed by atoms with Crippen LogP contribution in [-0.2, 0) is 13.1 Å². The van der Waals surface area contributed by atoms with Gasteiger partial charge >= 0.3 is 0 Å². The summed E-state index contributed by atoms with van der Waals surface area (Å²) >= 11 is 8.82. The van der Waals surface area contributed by atoms with Gasteiger partial charge in [-0.3, -0.25) is 9.69 Å². The number of thiophene rings is 1. The number of carbonyl (C=O) groups is 1. The molecular weight excluding hydrogens is 364 g/mol. The highest BCUT2D eigenvalue weighted by Gasteiger charge is 2.14. The Bertz CT molecular complexity index is 802. The third kappa shape index (κ3) is 4.61. The number of nitrogens with zero attached hydrogens (tertiary/aromatic N) is 3. The maximum Gasteiger partial charge on any atom is 0.286 e. The van der Waals surface area contributed by atoms with E-state index < -0.39 is 0 Å². The molecule has 3 aromatic rings. The quantitative estimate of drug-likeness (QED) is 0.700. The Hall–Kier alpha value is -1.80. The first-order valence-electron chi connectivity index (χ1n) is 7.19. The zero-order valence-corrected chi connectivity index (χ0v) is 15.3. The van der Waals surface area contributed by atoms with Crippen LogP contribution in [0.1, 0.15) is 20.4 Å². The molecule has 0 radical (unpaired) electrons. The van der Waals surface area contributed by atoms with Crippen molar-refractivity contribution in [1.29, 1.82) is 0 Å². The molecule has 0 saturated carbocycles. The van der Waals surface area contributed by atoms with E-state index in [9.17, 15) is 4.79 Å². The third-order valence-corrected chi connectivity index (χ3v) is 5.09. The number of halogens is 1. The molecule has 0 spiro atoms. The Labute approximate surface area is 152 Å². The van der Waals surface area contributed by atoms with E-state index in [4.69, 9.17) is 11.6 Å². The van der Waals surface area contributed by atoms with Crippen molar-refractivity contribution < 1.29 is 4.79 Å². The van der Waals surface area contributed by atoms with Crippen LogP contribution in [0, 0.1) is 0 Å². The largest absolute Gasteiger partial charge is 0.320 e. The summed E-state index contributed by atoms with van der Waals surface area (Å²) in [5.41, 5.74) is 1.95. The molecule has 0 aliphatic rings. The van der Waals surface area contributed by atoms with E-state index in [-0.39, 0.29) is 5.91 Å². The van der Waals surface area contributed by atoms with Crippen LogP contribution in [-0.4, -0.2) is 28.1 Å². The lowest BCUT2D eigenvalue weighted by molar-refractivity contribution is 0.102. The average molecular weight is 379 g/mol. The molecule has 0 aliphatic heterocycles. The molecule has 1 N–H and O–H groups in total. The van der Waals surface area contributed by atoms with E-state index in [1.165, 1.54) is 16.9 Å². The van der Waals surface area contributed by atoms with Crippen molar-refractivity contribution in [2.24, 2.45) is 0 Å². The normalized spacial score (nSPS) is 11.0. The van der Waals surface area contributed by atoms with Gasteiger partial charge in [-0.25, -0.2) is 0 Å². The fraction of sp³-hybridized carbons (Fsp3) is 0.188. The Morgan fingerprint density at radius 1 is 1.21 bits per heavy atom. The van der Waals surface area contributed by atoms with Gasteiger partial charge in [0, 0.05) is 17.3 Å². The summed E-state index contributed by atoms with van der Waals surface area (Å²) in [4.78, 5) is 14.3. The predicted molar refractivity (Wildman–Crippen MR) is 98.8 cm³/mol. The van der Waals surface area contributed by atoms with Gasteiger partial charge < -0.3 is 5.32 Å². The third-order valence-electron chi connectivity index (χ3n) is 3.20. The van der Waals surface area contributed by atoms with E-state index in [1.54, 1.807) is 35.6 Å². The molecule has 0 fully saturated rings. The highest BCUT2D eigenvalue weighted by molar-refractivity contribution is 7.13. The van der Waals surface area contributed by atoms with E-state index in [1.807, 2.05) is 7.05 Å².